The Hall–Kier alpha value is -0.930. The molecule has 0 bridgehead atoms. The molecule has 0 N–H and O–H groups in total. The summed E-state index contributed by atoms with van der Waals surface area (Å²) in [6, 6.07) is 1.21. The summed E-state index contributed by atoms with van der Waals surface area (Å²) in [5.41, 5.74) is -0.299. The number of alkyl halides is 2. The van der Waals surface area contributed by atoms with Crippen LogP contribution in [0.5, 0.6) is 0 Å². The van der Waals surface area contributed by atoms with Crippen LogP contribution in [0.25, 0.3) is 0 Å². The standard InChI is InChI=1S/C5H5F2NO.2C2H6/c1-3-2-4(5(6)7)8-9-3;2*1-2/h2,5H,1H3;2*1-2H3. The fourth-order valence-electron chi connectivity index (χ4n) is 0.488. The SMILES string of the molecule is CC.CC.Cc1cc(C(F)F)no1. The number of aromatic nitrogens is 1. The van der Waals surface area contributed by atoms with Crippen molar-refractivity contribution in [2.45, 2.75) is 41.0 Å². The minimum absolute atomic E-state index is 0.299. The van der Waals surface area contributed by atoms with Crippen LogP contribution in [0.2, 0.25) is 0 Å². The molecule has 0 radical (unpaired) electrons. The lowest BCUT2D eigenvalue weighted by Gasteiger charge is -1.84. The largest absolute Gasteiger partial charge is 0.361 e. The van der Waals surface area contributed by atoms with Crippen LogP contribution in [0, 0.1) is 6.92 Å². The molecule has 0 amide bonds. The maximum absolute atomic E-state index is 11.7. The van der Waals surface area contributed by atoms with Crippen LogP contribution in [0.4, 0.5) is 8.78 Å². The van der Waals surface area contributed by atoms with Gasteiger partial charge in [0.05, 0.1) is 0 Å². The van der Waals surface area contributed by atoms with E-state index in [1.165, 1.54) is 6.07 Å². The number of nitrogens with zero attached hydrogens (tertiary/aromatic N) is 1. The summed E-state index contributed by atoms with van der Waals surface area (Å²) in [5, 5.41) is 3.09. The second-order valence-electron chi connectivity index (χ2n) is 1.66. The van der Waals surface area contributed by atoms with E-state index in [4.69, 9.17) is 0 Å². The average molecular weight is 193 g/mol. The van der Waals surface area contributed by atoms with Crippen molar-refractivity contribution in [3.05, 3.63) is 17.5 Å². The van der Waals surface area contributed by atoms with Crippen LogP contribution in [-0.2, 0) is 0 Å². The smallest absolute Gasteiger partial charge is 0.283 e. The van der Waals surface area contributed by atoms with Gasteiger partial charge in [-0.3, -0.25) is 0 Å². The van der Waals surface area contributed by atoms with Gasteiger partial charge in [-0.2, -0.15) is 0 Å². The molecule has 0 fully saturated rings. The van der Waals surface area contributed by atoms with Gasteiger partial charge in [-0.05, 0) is 6.92 Å². The highest BCUT2D eigenvalue weighted by atomic mass is 19.3. The van der Waals surface area contributed by atoms with Crippen molar-refractivity contribution in [1.82, 2.24) is 5.16 Å². The van der Waals surface area contributed by atoms with Crippen LogP contribution in [0.15, 0.2) is 10.6 Å². The summed E-state index contributed by atoms with van der Waals surface area (Å²) in [4.78, 5) is 0. The van der Waals surface area contributed by atoms with Crippen LogP contribution < -0.4 is 0 Å². The molecule has 1 heterocycles. The molecule has 1 aromatic rings. The van der Waals surface area contributed by atoms with Crippen molar-refractivity contribution < 1.29 is 13.3 Å². The molecule has 4 heteroatoms. The zero-order chi connectivity index (χ0) is 10.9. The van der Waals surface area contributed by atoms with E-state index in [9.17, 15) is 8.78 Å². The molecule has 1 rings (SSSR count). The third kappa shape index (κ3) is 6.25. The summed E-state index contributed by atoms with van der Waals surface area (Å²) in [6.07, 6.45) is -2.53. The monoisotopic (exact) mass is 193 g/mol. The second-order valence-corrected chi connectivity index (χ2v) is 1.66. The summed E-state index contributed by atoms with van der Waals surface area (Å²) in [6.45, 7) is 9.57. The Morgan fingerprint density at radius 3 is 1.85 bits per heavy atom. The van der Waals surface area contributed by atoms with Gasteiger partial charge < -0.3 is 4.52 Å². The first-order chi connectivity index (χ1) is 6.20. The Labute approximate surface area is 77.9 Å². The molecule has 0 spiro atoms. The fraction of sp³-hybridized carbons (Fsp3) is 0.667. The Bertz CT molecular complexity index is 199. The van der Waals surface area contributed by atoms with Crippen LogP contribution in [0.3, 0.4) is 0 Å². The highest BCUT2D eigenvalue weighted by Gasteiger charge is 2.10. The van der Waals surface area contributed by atoms with Crippen LogP contribution in [0.1, 0.15) is 45.6 Å². The summed E-state index contributed by atoms with van der Waals surface area (Å²) >= 11 is 0. The zero-order valence-corrected chi connectivity index (χ0v) is 8.77. The highest BCUT2D eigenvalue weighted by molar-refractivity contribution is 5.04. The van der Waals surface area contributed by atoms with Gasteiger partial charge in [0, 0.05) is 6.07 Å². The Kier molecular flexibility index (Phi) is 10.3. The normalized spacial score (nSPS) is 8.31. The Balaban J connectivity index is 0. The average Bonchev–Trinajstić information content (AvgIpc) is 2.59. The van der Waals surface area contributed by atoms with E-state index in [0.29, 0.717) is 5.76 Å². The predicted octanol–water partition coefficient (Wildman–Crippen LogP) is 3.97. The van der Waals surface area contributed by atoms with Gasteiger partial charge in [0.25, 0.3) is 6.43 Å². The first-order valence-corrected chi connectivity index (χ1v) is 4.41. The Morgan fingerprint density at radius 1 is 1.23 bits per heavy atom. The van der Waals surface area contributed by atoms with Crippen molar-refractivity contribution in [3.63, 3.8) is 0 Å². The van der Waals surface area contributed by atoms with Crippen molar-refractivity contribution in [2.24, 2.45) is 0 Å². The van der Waals surface area contributed by atoms with Crippen LogP contribution >= 0.6 is 0 Å². The fourth-order valence-corrected chi connectivity index (χ4v) is 0.488. The molecule has 0 saturated carbocycles. The molecule has 0 aromatic carbocycles. The van der Waals surface area contributed by atoms with Gasteiger partial charge in [0.1, 0.15) is 11.5 Å². The number of rotatable bonds is 1. The minimum Gasteiger partial charge on any atom is -0.361 e. The van der Waals surface area contributed by atoms with E-state index in [1.54, 1.807) is 6.92 Å². The van der Waals surface area contributed by atoms with Gasteiger partial charge >= 0.3 is 0 Å². The van der Waals surface area contributed by atoms with Gasteiger partial charge in [-0.1, -0.05) is 32.9 Å². The molecule has 0 unspecified atom stereocenters. The van der Waals surface area contributed by atoms with Crippen LogP contribution in [-0.4, -0.2) is 5.16 Å². The zero-order valence-electron chi connectivity index (χ0n) is 8.77. The lowest BCUT2D eigenvalue weighted by molar-refractivity contribution is 0.140. The molecule has 13 heavy (non-hydrogen) atoms. The number of halogens is 2. The predicted molar refractivity (Wildman–Crippen MR) is 48.9 cm³/mol. The van der Waals surface area contributed by atoms with E-state index in [0.717, 1.165) is 0 Å². The second kappa shape index (κ2) is 9.16. The van der Waals surface area contributed by atoms with Gasteiger partial charge in [-0.15, -0.1) is 0 Å². The third-order valence-corrected chi connectivity index (χ3v) is 0.870. The molecular weight excluding hydrogens is 176 g/mol. The van der Waals surface area contributed by atoms with Crippen molar-refractivity contribution >= 4 is 0 Å². The van der Waals surface area contributed by atoms with Gasteiger partial charge in [-0.25, -0.2) is 8.78 Å². The van der Waals surface area contributed by atoms with E-state index < -0.39 is 6.43 Å². The third-order valence-electron chi connectivity index (χ3n) is 0.870. The number of hydrogen-bond acceptors (Lipinski definition) is 2. The van der Waals surface area contributed by atoms with E-state index in [2.05, 4.69) is 9.68 Å². The molecule has 2 nitrogen and oxygen atoms in total. The van der Waals surface area contributed by atoms with E-state index >= 15 is 0 Å². The molecule has 78 valence electrons. The number of hydrogen-bond donors (Lipinski definition) is 0. The molecule has 0 aliphatic carbocycles. The Morgan fingerprint density at radius 2 is 1.69 bits per heavy atom. The maximum atomic E-state index is 11.7. The topological polar surface area (TPSA) is 26.0 Å². The van der Waals surface area contributed by atoms with Crippen molar-refractivity contribution in [3.8, 4) is 0 Å². The first-order valence-electron chi connectivity index (χ1n) is 4.41. The molecule has 0 aliphatic rings. The molecular formula is C9H17F2NO. The summed E-state index contributed by atoms with van der Waals surface area (Å²) in [5.74, 6) is 0.408. The minimum atomic E-state index is -2.53. The quantitative estimate of drug-likeness (QED) is 0.674. The number of aryl methyl sites for hydroxylation is 1. The van der Waals surface area contributed by atoms with Gasteiger partial charge in [0.2, 0.25) is 0 Å². The highest BCUT2D eigenvalue weighted by Crippen LogP contribution is 2.16. The molecule has 1 aromatic heterocycles. The first kappa shape index (κ1) is 14.6. The summed E-state index contributed by atoms with van der Waals surface area (Å²) in [7, 11) is 0. The maximum Gasteiger partial charge on any atom is 0.283 e. The lowest BCUT2D eigenvalue weighted by atomic mass is 10.4. The molecule has 0 saturated heterocycles. The van der Waals surface area contributed by atoms with Crippen molar-refractivity contribution in [2.75, 3.05) is 0 Å². The van der Waals surface area contributed by atoms with Gasteiger partial charge in [0.15, 0.2) is 0 Å². The molecule has 0 atom stereocenters. The molecule has 0 aliphatic heterocycles. The van der Waals surface area contributed by atoms with E-state index in [1.807, 2.05) is 27.7 Å². The summed E-state index contributed by atoms with van der Waals surface area (Å²) < 4.78 is 27.7. The van der Waals surface area contributed by atoms with Crippen molar-refractivity contribution in [1.29, 1.82) is 0 Å². The lowest BCUT2D eigenvalue weighted by Crippen LogP contribution is -1.80. The van der Waals surface area contributed by atoms with E-state index in [-0.39, 0.29) is 5.69 Å².